The number of pyridine rings is 1. The Morgan fingerprint density at radius 1 is 1.13 bits per heavy atom. The second-order valence-electron chi connectivity index (χ2n) is 10.2. The highest BCUT2D eigenvalue weighted by Crippen LogP contribution is 2.36. The molecular formula is C28H33N7O3. The Labute approximate surface area is 221 Å². The molecule has 1 saturated heterocycles. The van der Waals surface area contributed by atoms with Gasteiger partial charge < -0.3 is 19.5 Å². The van der Waals surface area contributed by atoms with Gasteiger partial charge in [-0.15, -0.1) is 0 Å². The van der Waals surface area contributed by atoms with Crippen molar-refractivity contribution < 1.29 is 14.7 Å². The number of amides is 2. The first-order valence-corrected chi connectivity index (χ1v) is 12.9. The predicted molar refractivity (Wildman–Crippen MR) is 147 cm³/mol. The molecule has 1 aliphatic heterocycles. The maximum Gasteiger partial charge on any atom is 0.228 e. The lowest BCUT2D eigenvalue weighted by Crippen LogP contribution is -2.54. The second-order valence-corrected chi connectivity index (χ2v) is 10.2. The van der Waals surface area contributed by atoms with Crippen LogP contribution in [-0.2, 0) is 16.1 Å². The first kappa shape index (κ1) is 25.4. The van der Waals surface area contributed by atoms with Crippen molar-refractivity contribution in [1.29, 1.82) is 0 Å². The summed E-state index contributed by atoms with van der Waals surface area (Å²) in [5, 5.41) is 13.7. The van der Waals surface area contributed by atoms with Crippen LogP contribution in [0.3, 0.4) is 0 Å². The van der Waals surface area contributed by atoms with E-state index in [2.05, 4.69) is 4.98 Å². The maximum absolute atomic E-state index is 13.0. The zero-order chi connectivity index (χ0) is 27.1. The largest absolute Gasteiger partial charge is 0.493 e. The summed E-state index contributed by atoms with van der Waals surface area (Å²) in [6.07, 6.45) is 3.61. The number of aromatic nitrogens is 4. The number of carbonyl (C=O) groups is 2. The van der Waals surface area contributed by atoms with Crippen LogP contribution in [0.5, 0.6) is 5.88 Å². The quantitative estimate of drug-likeness (QED) is 0.430. The molecule has 10 nitrogen and oxygen atoms in total. The van der Waals surface area contributed by atoms with Gasteiger partial charge in [-0.25, -0.2) is 4.98 Å². The lowest BCUT2D eigenvalue weighted by molar-refractivity contribution is -0.131. The van der Waals surface area contributed by atoms with Gasteiger partial charge in [-0.1, -0.05) is 24.3 Å². The first-order chi connectivity index (χ1) is 18.1. The number of piperazine rings is 1. The third-order valence-corrected chi connectivity index (χ3v) is 7.15. The number of benzene rings is 1. The van der Waals surface area contributed by atoms with Gasteiger partial charge in [0, 0.05) is 63.3 Å². The molecular weight excluding hydrogens is 482 g/mol. The van der Waals surface area contributed by atoms with E-state index in [-0.39, 0.29) is 36.3 Å². The van der Waals surface area contributed by atoms with Crippen LogP contribution in [0.25, 0.3) is 21.7 Å². The van der Waals surface area contributed by atoms with Crippen molar-refractivity contribution in [3.05, 3.63) is 48.4 Å². The third-order valence-electron chi connectivity index (χ3n) is 7.15. The van der Waals surface area contributed by atoms with Crippen molar-refractivity contribution in [3.63, 3.8) is 0 Å². The molecule has 2 amide bonds. The summed E-state index contributed by atoms with van der Waals surface area (Å²) >= 11 is 0. The molecule has 1 atom stereocenters. The van der Waals surface area contributed by atoms with Gasteiger partial charge in [0.05, 0.1) is 17.6 Å². The van der Waals surface area contributed by atoms with Crippen molar-refractivity contribution in [1.82, 2.24) is 24.4 Å². The van der Waals surface area contributed by atoms with Gasteiger partial charge in [-0.05, 0) is 32.2 Å². The van der Waals surface area contributed by atoms with Crippen LogP contribution in [0.2, 0.25) is 0 Å². The minimum Gasteiger partial charge on any atom is -0.493 e. The molecule has 1 N–H and O–H groups in total. The molecule has 0 saturated carbocycles. The van der Waals surface area contributed by atoms with Gasteiger partial charge in [-0.3, -0.25) is 19.5 Å². The number of carbonyl (C=O) groups excluding carboxylic acids is 2. The highest BCUT2D eigenvalue weighted by Gasteiger charge is 2.30. The Morgan fingerprint density at radius 3 is 2.53 bits per heavy atom. The average molecular weight is 516 g/mol. The molecule has 3 aromatic heterocycles. The number of rotatable bonds is 5. The van der Waals surface area contributed by atoms with Crippen LogP contribution in [-0.4, -0.2) is 67.0 Å². The van der Waals surface area contributed by atoms with E-state index in [1.165, 1.54) is 6.92 Å². The SMILES string of the molecule is CC(=O)N(Cc1cc2ccccc2cn1)c1nc(N2CCN(C(C)=O)[C@H](C)C2)nc2c(O)n(C(C)C)cc12. The number of hydrogen-bond donors (Lipinski definition) is 1. The number of fused-ring (bicyclic) bond motifs is 2. The Bertz CT molecular complexity index is 1530. The highest BCUT2D eigenvalue weighted by atomic mass is 16.3. The summed E-state index contributed by atoms with van der Waals surface area (Å²) in [6, 6.07) is 9.88. The van der Waals surface area contributed by atoms with Crippen LogP contribution in [0, 0.1) is 0 Å². The molecule has 4 aromatic rings. The van der Waals surface area contributed by atoms with Crippen LogP contribution in [0.1, 0.15) is 46.4 Å². The van der Waals surface area contributed by atoms with E-state index in [4.69, 9.17) is 9.97 Å². The summed E-state index contributed by atoms with van der Waals surface area (Å²) in [5.41, 5.74) is 1.11. The minimum atomic E-state index is -0.197. The fraction of sp³-hybridized carbons (Fsp3) is 0.393. The molecule has 0 spiro atoms. The normalized spacial score (nSPS) is 16.0. The monoisotopic (exact) mass is 515 g/mol. The average Bonchev–Trinajstić information content (AvgIpc) is 3.23. The van der Waals surface area contributed by atoms with E-state index in [0.29, 0.717) is 42.3 Å². The molecule has 198 valence electrons. The fourth-order valence-electron chi connectivity index (χ4n) is 5.12. The number of anilines is 2. The van der Waals surface area contributed by atoms with E-state index < -0.39 is 0 Å². The van der Waals surface area contributed by atoms with E-state index in [0.717, 1.165) is 16.5 Å². The van der Waals surface area contributed by atoms with Crippen molar-refractivity contribution in [3.8, 4) is 5.88 Å². The number of aromatic hydroxyl groups is 1. The van der Waals surface area contributed by atoms with Crippen LogP contribution < -0.4 is 9.80 Å². The summed E-state index contributed by atoms with van der Waals surface area (Å²) < 4.78 is 1.73. The van der Waals surface area contributed by atoms with Gasteiger partial charge in [0.1, 0.15) is 5.52 Å². The van der Waals surface area contributed by atoms with Crippen molar-refractivity contribution >= 4 is 45.3 Å². The zero-order valence-electron chi connectivity index (χ0n) is 22.4. The molecule has 4 heterocycles. The Hall–Kier alpha value is -4.21. The van der Waals surface area contributed by atoms with Gasteiger partial charge in [0.2, 0.25) is 23.6 Å². The van der Waals surface area contributed by atoms with E-state index in [1.807, 2.05) is 60.9 Å². The second kappa shape index (κ2) is 9.92. The van der Waals surface area contributed by atoms with Crippen molar-refractivity contribution in [2.45, 2.75) is 53.2 Å². The zero-order valence-corrected chi connectivity index (χ0v) is 22.4. The van der Waals surface area contributed by atoms with E-state index in [9.17, 15) is 14.7 Å². The van der Waals surface area contributed by atoms with Crippen LogP contribution >= 0.6 is 0 Å². The van der Waals surface area contributed by atoms with Crippen LogP contribution in [0.4, 0.5) is 11.8 Å². The molecule has 0 radical (unpaired) electrons. The smallest absolute Gasteiger partial charge is 0.228 e. The summed E-state index contributed by atoms with van der Waals surface area (Å²) in [7, 11) is 0. The van der Waals surface area contributed by atoms with E-state index in [1.54, 1.807) is 28.8 Å². The summed E-state index contributed by atoms with van der Waals surface area (Å²) in [5.74, 6) is 0.701. The lowest BCUT2D eigenvalue weighted by Gasteiger charge is -2.39. The standard InChI is InChI=1S/C28H33N7O3/c1-17(2)34-16-24-25(27(34)38)30-28(32-10-11-33(19(4)36)18(3)14-32)31-26(24)35(20(5)37)15-23-12-21-8-6-7-9-22(21)13-29-23/h6-9,12-13,16-18,38H,10-11,14-15H2,1-5H3/t18-/m1/s1. The molecule has 38 heavy (non-hydrogen) atoms. The maximum atomic E-state index is 13.0. The molecule has 1 fully saturated rings. The Kier molecular flexibility index (Phi) is 6.64. The van der Waals surface area contributed by atoms with Gasteiger partial charge >= 0.3 is 0 Å². The van der Waals surface area contributed by atoms with Gasteiger partial charge in [0.15, 0.2) is 5.82 Å². The van der Waals surface area contributed by atoms with E-state index >= 15 is 0 Å². The van der Waals surface area contributed by atoms with Crippen molar-refractivity contribution in [2.24, 2.45) is 0 Å². The first-order valence-electron chi connectivity index (χ1n) is 12.9. The Morgan fingerprint density at radius 2 is 1.87 bits per heavy atom. The number of nitrogens with zero attached hydrogens (tertiary/aromatic N) is 7. The molecule has 0 unspecified atom stereocenters. The summed E-state index contributed by atoms with van der Waals surface area (Å²) in [4.78, 5) is 44.7. The summed E-state index contributed by atoms with van der Waals surface area (Å²) in [6.45, 7) is 10.9. The highest BCUT2D eigenvalue weighted by molar-refractivity contribution is 6.02. The Balaban J connectivity index is 1.61. The number of hydrogen-bond acceptors (Lipinski definition) is 7. The molecule has 0 aliphatic carbocycles. The van der Waals surface area contributed by atoms with Crippen molar-refractivity contribution in [2.75, 3.05) is 29.4 Å². The third kappa shape index (κ3) is 4.62. The molecule has 10 heteroatoms. The van der Waals surface area contributed by atoms with Gasteiger partial charge in [0.25, 0.3) is 0 Å². The molecule has 1 aromatic carbocycles. The molecule has 0 bridgehead atoms. The predicted octanol–water partition coefficient (Wildman–Crippen LogP) is 3.88. The fourth-order valence-corrected chi connectivity index (χ4v) is 5.12. The lowest BCUT2D eigenvalue weighted by atomic mass is 10.1. The topological polar surface area (TPSA) is 108 Å². The minimum absolute atomic E-state index is 0.0208. The van der Waals surface area contributed by atoms with Gasteiger partial charge in [-0.2, -0.15) is 4.98 Å². The molecule has 5 rings (SSSR count). The van der Waals surface area contributed by atoms with Crippen LogP contribution in [0.15, 0.2) is 42.7 Å². The molecule has 1 aliphatic rings.